The van der Waals surface area contributed by atoms with Crippen LogP contribution in [0.3, 0.4) is 0 Å². The molecule has 112 valence electrons. The Labute approximate surface area is 124 Å². The van der Waals surface area contributed by atoms with E-state index in [0.29, 0.717) is 5.70 Å². The predicted octanol–water partition coefficient (Wildman–Crippen LogP) is 2.60. The molecule has 0 saturated heterocycles. The lowest BCUT2D eigenvalue weighted by Crippen LogP contribution is -2.53. The molecule has 1 aliphatic heterocycles. The summed E-state index contributed by atoms with van der Waals surface area (Å²) in [5, 5.41) is 2.86. The van der Waals surface area contributed by atoms with Crippen molar-refractivity contribution in [3.8, 4) is 0 Å². The van der Waals surface area contributed by atoms with E-state index in [1.54, 1.807) is 13.1 Å². The van der Waals surface area contributed by atoms with Gasteiger partial charge in [0.2, 0.25) is 5.91 Å². The summed E-state index contributed by atoms with van der Waals surface area (Å²) in [6.45, 7) is 5.82. The van der Waals surface area contributed by atoms with Crippen LogP contribution < -0.4 is 5.32 Å². The van der Waals surface area contributed by atoms with Gasteiger partial charge in [0, 0.05) is 6.20 Å². The third kappa shape index (κ3) is 3.24. The fourth-order valence-electron chi connectivity index (χ4n) is 2.34. The number of carbonyl (C=O) groups is 2. The maximum Gasteiger partial charge on any atom is 0.414 e. The molecule has 1 N–H and O–H groups in total. The number of carbonyl (C=O) groups excluding carboxylic acids is 2. The molecule has 2 rings (SSSR count). The summed E-state index contributed by atoms with van der Waals surface area (Å²) in [5.74, 6) is -0.206. The maximum absolute atomic E-state index is 12.3. The summed E-state index contributed by atoms with van der Waals surface area (Å²) >= 11 is 0. The minimum Gasteiger partial charge on any atom is -0.449 e. The molecule has 1 aliphatic rings. The van der Waals surface area contributed by atoms with Crippen molar-refractivity contribution in [2.24, 2.45) is 5.92 Å². The monoisotopic (exact) mass is 288 g/mol. The third-order valence-corrected chi connectivity index (χ3v) is 3.29. The highest BCUT2D eigenvalue weighted by Gasteiger charge is 2.36. The number of benzene rings is 1. The largest absolute Gasteiger partial charge is 0.449 e. The normalized spacial score (nSPS) is 18.3. The average Bonchev–Trinajstić information content (AvgIpc) is 2.47. The van der Waals surface area contributed by atoms with Gasteiger partial charge in [0.1, 0.15) is 6.04 Å². The van der Waals surface area contributed by atoms with Crippen molar-refractivity contribution >= 4 is 17.7 Å². The van der Waals surface area contributed by atoms with E-state index in [9.17, 15) is 9.59 Å². The fourth-order valence-corrected chi connectivity index (χ4v) is 2.34. The van der Waals surface area contributed by atoms with Crippen LogP contribution in [0.25, 0.3) is 5.70 Å². The lowest BCUT2D eigenvalue weighted by Gasteiger charge is -2.34. The second kappa shape index (κ2) is 6.43. The molecule has 1 unspecified atom stereocenters. The van der Waals surface area contributed by atoms with Gasteiger partial charge < -0.3 is 10.1 Å². The Hall–Kier alpha value is -2.30. The molecule has 0 radical (unpaired) electrons. The van der Waals surface area contributed by atoms with Gasteiger partial charge in [0.15, 0.2) is 0 Å². The van der Waals surface area contributed by atoms with E-state index in [1.165, 1.54) is 4.90 Å². The van der Waals surface area contributed by atoms with E-state index >= 15 is 0 Å². The van der Waals surface area contributed by atoms with Gasteiger partial charge in [-0.05, 0) is 18.4 Å². The summed E-state index contributed by atoms with van der Waals surface area (Å²) in [6.07, 6.45) is 1.15. The van der Waals surface area contributed by atoms with E-state index < -0.39 is 12.1 Å². The van der Waals surface area contributed by atoms with Crippen LogP contribution in [0.2, 0.25) is 0 Å². The van der Waals surface area contributed by atoms with Gasteiger partial charge in [0.05, 0.1) is 12.3 Å². The zero-order valence-electron chi connectivity index (χ0n) is 12.5. The van der Waals surface area contributed by atoms with Gasteiger partial charge in [-0.15, -0.1) is 0 Å². The first kappa shape index (κ1) is 15.1. The molecule has 0 fully saturated rings. The highest BCUT2D eigenvalue weighted by molar-refractivity contribution is 5.96. The molecule has 21 heavy (non-hydrogen) atoms. The van der Waals surface area contributed by atoms with Crippen LogP contribution in [0.1, 0.15) is 26.3 Å². The van der Waals surface area contributed by atoms with Crippen LogP contribution in [0.4, 0.5) is 4.79 Å². The molecule has 1 aromatic carbocycles. The van der Waals surface area contributed by atoms with Crippen molar-refractivity contribution in [2.45, 2.75) is 26.8 Å². The molecule has 0 bridgehead atoms. The van der Waals surface area contributed by atoms with E-state index in [-0.39, 0.29) is 18.4 Å². The van der Waals surface area contributed by atoms with Crippen molar-refractivity contribution in [1.29, 1.82) is 0 Å². The number of nitrogens with one attached hydrogen (secondary N) is 1. The van der Waals surface area contributed by atoms with Gasteiger partial charge in [0.25, 0.3) is 0 Å². The lowest BCUT2D eigenvalue weighted by atomic mass is 9.99. The Kier molecular flexibility index (Phi) is 4.62. The van der Waals surface area contributed by atoms with Crippen molar-refractivity contribution in [1.82, 2.24) is 10.2 Å². The van der Waals surface area contributed by atoms with Crippen LogP contribution in [0.5, 0.6) is 0 Å². The van der Waals surface area contributed by atoms with Crippen LogP contribution in [-0.4, -0.2) is 29.5 Å². The molecular weight excluding hydrogens is 268 g/mol. The SMILES string of the molecule is CCOC(=O)N1C=C(c2ccccc2)NC(=O)C1C(C)C. The molecule has 1 atom stereocenters. The highest BCUT2D eigenvalue weighted by Crippen LogP contribution is 2.23. The smallest absolute Gasteiger partial charge is 0.414 e. The standard InChI is InChI=1S/C16H20N2O3/c1-4-21-16(20)18-10-13(12-8-6-5-7-9-12)17-15(19)14(18)11(2)3/h5-11,14H,4H2,1-3H3,(H,17,19). The number of rotatable bonds is 3. The summed E-state index contributed by atoms with van der Waals surface area (Å²) < 4.78 is 5.06. The second-order valence-corrected chi connectivity index (χ2v) is 5.19. The zero-order chi connectivity index (χ0) is 15.4. The van der Waals surface area contributed by atoms with Gasteiger partial charge >= 0.3 is 6.09 Å². The number of nitrogens with zero attached hydrogens (tertiary/aromatic N) is 1. The Morgan fingerprint density at radius 3 is 2.57 bits per heavy atom. The number of amides is 2. The molecule has 0 aliphatic carbocycles. The zero-order valence-corrected chi connectivity index (χ0v) is 12.5. The number of ether oxygens (including phenoxy) is 1. The molecule has 0 spiro atoms. The molecule has 2 amide bonds. The first-order valence-corrected chi connectivity index (χ1v) is 7.07. The van der Waals surface area contributed by atoms with Gasteiger partial charge in [-0.25, -0.2) is 4.79 Å². The summed E-state index contributed by atoms with van der Waals surface area (Å²) in [4.78, 5) is 25.8. The van der Waals surface area contributed by atoms with E-state index in [4.69, 9.17) is 4.74 Å². The Morgan fingerprint density at radius 2 is 2.00 bits per heavy atom. The molecule has 1 aromatic rings. The first-order valence-electron chi connectivity index (χ1n) is 7.07. The number of hydrogen-bond donors (Lipinski definition) is 1. The van der Waals surface area contributed by atoms with Crippen LogP contribution in [-0.2, 0) is 9.53 Å². The predicted molar refractivity (Wildman–Crippen MR) is 80.0 cm³/mol. The van der Waals surface area contributed by atoms with E-state index in [2.05, 4.69) is 5.32 Å². The Bertz CT molecular complexity index is 552. The summed E-state index contributed by atoms with van der Waals surface area (Å²) in [7, 11) is 0. The molecule has 1 heterocycles. The van der Waals surface area contributed by atoms with Gasteiger partial charge in [-0.1, -0.05) is 44.2 Å². The van der Waals surface area contributed by atoms with Crippen molar-refractivity contribution in [3.05, 3.63) is 42.1 Å². The van der Waals surface area contributed by atoms with Crippen molar-refractivity contribution in [3.63, 3.8) is 0 Å². The van der Waals surface area contributed by atoms with Gasteiger partial charge in [-0.2, -0.15) is 0 Å². The van der Waals surface area contributed by atoms with Crippen LogP contribution in [0, 0.1) is 5.92 Å². The molecule has 5 nitrogen and oxygen atoms in total. The highest BCUT2D eigenvalue weighted by atomic mass is 16.6. The first-order chi connectivity index (χ1) is 10.0. The van der Waals surface area contributed by atoms with Crippen LogP contribution >= 0.6 is 0 Å². The van der Waals surface area contributed by atoms with Gasteiger partial charge in [-0.3, -0.25) is 9.69 Å². The van der Waals surface area contributed by atoms with E-state index in [1.807, 2.05) is 44.2 Å². The molecular formula is C16H20N2O3. The maximum atomic E-state index is 12.3. The molecule has 0 saturated carbocycles. The average molecular weight is 288 g/mol. The van der Waals surface area contributed by atoms with E-state index in [0.717, 1.165) is 5.56 Å². The Balaban J connectivity index is 2.38. The third-order valence-electron chi connectivity index (χ3n) is 3.29. The number of hydrogen-bond acceptors (Lipinski definition) is 3. The topological polar surface area (TPSA) is 58.6 Å². The summed E-state index contributed by atoms with van der Waals surface area (Å²) in [6, 6.07) is 8.86. The summed E-state index contributed by atoms with van der Waals surface area (Å²) in [5.41, 5.74) is 1.45. The lowest BCUT2D eigenvalue weighted by molar-refractivity contribution is -0.126. The molecule has 5 heteroatoms. The minimum absolute atomic E-state index is 0.0111. The minimum atomic E-state index is -0.559. The second-order valence-electron chi connectivity index (χ2n) is 5.19. The van der Waals surface area contributed by atoms with Crippen molar-refractivity contribution in [2.75, 3.05) is 6.61 Å². The van der Waals surface area contributed by atoms with Crippen LogP contribution in [0.15, 0.2) is 36.5 Å². The molecule has 0 aromatic heterocycles. The van der Waals surface area contributed by atoms with Crippen molar-refractivity contribution < 1.29 is 14.3 Å². The fraction of sp³-hybridized carbons (Fsp3) is 0.375. The quantitative estimate of drug-likeness (QED) is 0.930. The Morgan fingerprint density at radius 1 is 1.33 bits per heavy atom.